The van der Waals surface area contributed by atoms with Crippen molar-refractivity contribution in [2.75, 3.05) is 18.5 Å². The van der Waals surface area contributed by atoms with Gasteiger partial charge in [-0.15, -0.1) is 22.7 Å². The van der Waals surface area contributed by atoms with E-state index in [9.17, 15) is 9.59 Å². The molecule has 0 aliphatic carbocycles. The zero-order chi connectivity index (χ0) is 20.6. The number of para-hydroxylation sites is 1. The van der Waals surface area contributed by atoms with Crippen molar-refractivity contribution >= 4 is 39.6 Å². The molecule has 0 spiro atoms. The Kier molecular flexibility index (Phi) is 7.43. The summed E-state index contributed by atoms with van der Waals surface area (Å²) in [5, 5.41) is 5.40. The molecule has 0 bridgehead atoms. The van der Waals surface area contributed by atoms with Crippen LogP contribution in [-0.2, 0) is 9.53 Å². The summed E-state index contributed by atoms with van der Waals surface area (Å²) in [5.41, 5.74) is 1.27. The Morgan fingerprint density at radius 1 is 1.10 bits per heavy atom. The molecule has 0 radical (unpaired) electrons. The molecule has 5 nitrogen and oxygen atoms in total. The number of ether oxygens (including phenoxy) is 2. The second-order valence-electron chi connectivity index (χ2n) is 6.25. The number of carbonyl (C=O) groups is 2. The maximum Gasteiger partial charge on any atom is 0.341 e. The molecule has 0 aliphatic heterocycles. The van der Waals surface area contributed by atoms with E-state index in [2.05, 4.69) is 5.32 Å². The van der Waals surface area contributed by atoms with Crippen molar-refractivity contribution in [1.82, 2.24) is 0 Å². The highest BCUT2D eigenvalue weighted by Crippen LogP contribution is 2.42. The summed E-state index contributed by atoms with van der Waals surface area (Å²) in [4.78, 5) is 27.0. The molecule has 3 aromatic rings. The van der Waals surface area contributed by atoms with Crippen molar-refractivity contribution in [1.29, 1.82) is 0 Å². The van der Waals surface area contributed by atoms with E-state index in [-0.39, 0.29) is 12.5 Å². The molecule has 0 saturated heterocycles. The van der Waals surface area contributed by atoms with Gasteiger partial charge in [-0.1, -0.05) is 24.3 Å². The SMILES string of the molecule is CCOC(=O)c1c(NC(=O)CCCOc2ccccc2)sc(C)c1-c1cccs1. The van der Waals surface area contributed by atoms with Gasteiger partial charge in [0.05, 0.1) is 13.2 Å². The molecule has 7 heteroatoms. The van der Waals surface area contributed by atoms with E-state index < -0.39 is 5.97 Å². The van der Waals surface area contributed by atoms with Crippen LogP contribution in [0, 0.1) is 6.92 Å². The summed E-state index contributed by atoms with van der Waals surface area (Å²) < 4.78 is 10.9. The lowest BCUT2D eigenvalue weighted by atomic mass is 10.1. The molecule has 0 fully saturated rings. The number of anilines is 1. The van der Waals surface area contributed by atoms with Crippen molar-refractivity contribution in [2.45, 2.75) is 26.7 Å². The minimum absolute atomic E-state index is 0.147. The molecule has 0 atom stereocenters. The monoisotopic (exact) mass is 429 g/mol. The molecule has 0 saturated carbocycles. The summed E-state index contributed by atoms with van der Waals surface area (Å²) in [5.74, 6) is 0.223. The number of nitrogens with one attached hydrogen (secondary N) is 1. The Bertz CT molecular complexity index is 949. The minimum atomic E-state index is -0.414. The fraction of sp³-hybridized carbons (Fsp3) is 0.273. The van der Waals surface area contributed by atoms with Gasteiger partial charge in [0.15, 0.2) is 0 Å². The summed E-state index contributed by atoms with van der Waals surface area (Å²) in [6.45, 7) is 4.45. The maximum atomic E-state index is 12.6. The first kappa shape index (κ1) is 21.1. The van der Waals surface area contributed by atoms with Crippen LogP contribution in [0.15, 0.2) is 47.8 Å². The maximum absolute atomic E-state index is 12.6. The number of amides is 1. The van der Waals surface area contributed by atoms with E-state index >= 15 is 0 Å². The van der Waals surface area contributed by atoms with Crippen LogP contribution >= 0.6 is 22.7 Å². The van der Waals surface area contributed by atoms with Crippen LogP contribution in [0.5, 0.6) is 5.75 Å². The molecule has 1 N–H and O–H groups in total. The lowest BCUT2D eigenvalue weighted by molar-refractivity contribution is -0.116. The lowest BCUT2D eigenvalue weighted by Gasteiger charge is -2.09. The summed E-state index contributed by atoms with van der Waals surface area (Å²) >= 11 is 2.96. The number of hydrogen-bond donors (Lipinski definition) is 1. The molecule has 1 amide bonds. The fourth-order valence-electron chi connectivity index (χ4n) is 2.88. The average molecular weight is 430 g/mol. The number of esters is 1. The fourth-order valence-corrected chi connectivity index (χ4v) is 4.85. The molecule has 3 rings (SSSR count). The molecule has 1 aromatic carbocycles. The molecule has 0 unspecified atom stereocenters. The molecular formula is C22H23NO4S2. The second kappa shape index (κ2) is 10.2. The topological polar surface area (TPSA) is 64.6 Å². The minimum Gasteiger partial charge on any atom is -0.494 e. The first-order valence-corrected chi connectivity index (χ1v) is 11.1. The summed E-state index contributed by atoms with van der Waals surface area (Å²) in [6, 6.07) is 13.4. The number of benzene rings is 1. The van der Waals surface area contributed by atoms with Gasteiger partial charge in [0.25, 0.3) is 0 Å². The third-order valence-electron chi connectivity index (χ3n) is 4.14. The van der Waals surface area contributed by atoms with E-state index in [0.717, 1.165) is 21.1 Å². The van der Waals surface area contributed by atoms with Crippen LogP contribution in [0.1, 0.15) is 35.0 Å². The van der Waals surface area contributed by atoms with Gasteiger partial charge in [0, 0.05) is 21.7 Å². The highest BCUT2D eigenvalue weighted by Gasteiger charge is 2.25. The Morgan fingerprint density at radius 3 is 2.59 bits per heavy atom. The largest absolute Gasteiger partial charge is 0.494 e. The van der Waals surface area contributed by atoms with Gasteiger partial charge in [-0.2, -0.15) is 0 Å². The molecular weight excluding hydrogens is 406 g/mol. The highest BCUT2D eigenvalue weighted by molar-refractivity contribution is 7.18. The van der Waals surface area contributed by atoms with E-state index in [4.69, 9.17) is 9.47 Å². The number of thiophene rings is 2. The summed E-state index contributed by atoms with van der Waals surface area (Å²) in [7, 11) is 0. The van der Waals surface area contributed by atoms with Gasteiger partial charge >= 0.3 is 5.97 Å². The van der Waals surface area contributed by atoms with Crippen LogP contribution in [-0.4, -0.2) is 25.1 Å². The van der Waals surface area contributed by atoms with Gasteiger partial charge in [-0.25, -0.2) is 4.79 Å². The number of hydrogen-bond acceptors (Lipinski definition) is 6. The predicted molar refractivity (Wildman–Crippen MR) is 118 cm³/mol. The quantitative estimate of drug-likeness (QED) is 0.347. The second-order valence-corrected chi connectivity index (χ2v) is 8.42. The van der Waals surface area contributed by atoms with Gasteiger partial charge in [0.1, 0.15) is 16.3 Å². The van der Waals surface area contributed by atoms with Crippen molar-refractivity contribution < 1.29 is 19.1 Å². The lowest BCUT2D eigenvalue weighted by Crippen LogP contribution is -2.15. The van der Waals surface area contributed by atoms with Crippen molar-refractivity contribution in [3.8, 4) is 16.2 Å². The third kappa shape index (κ3) is 5.46. The highest BCUT2D eigenvalue weighted by atomic mass is 32.1. The van der Waals surface area contributed by atoms with E-state index in [1.54, 1.807) is 18.3 Å². The van der Waals surface area contributed by atoms with Gasteiger partial charge in [-0.3, -0.25) is 4.79 Å². The standard InChI is InChI=1S/C22H23NO4S2/c1-3-26-22(25)20-19(17-11-8-14-28-17)15(2)29-21(20)23-18(24)12-7-13-27-16-9-5-4-6-10-16/h4-6,8-11,14H,3,7,12-13H2,1-2H3,(H,23,24). The molecule has 29 heavy (non-hydrogen) atoms. The first-order valence-electron chi connectivity index (χ1n) is 9.42. The normalized spacial score (nSPS) is 10.6. The number of aryl methyl sites for hydroxylation is 1. The Morgan fingerprint density at radius 2 is 1.90 bits per heavy atom. The number of carbonyl (C=O) groups excluding carboxylic acids is 2. The van der Waals surface area contributed by atoms with Gasteiger partial charge in [0.2, 0.25) is 5.91 Å². The third-order valence-corrected chi connectivity index (χ3v) is 6.05. The van der Waals surface area contributed by atoms with Crippen LogP contribution in [0.3, 0.4) is 0 Å². The molecule has 152 valence electrons. The zero-order valence-corrected chi connectivity index (χ0v) is 18.0. The van der Waals surface area contributed by atoms with Crippen LogP contribution in [0.4, 0.5) is 5.00 Å². The van der Waals surface area contributed by atoms with Gasteiger partial charge in [-0.05, 0) is 43.8 Å². The summed E-state index contributed by atoms with van der Waals surface area (Å²) in [6.07, 6.45) is 0.887. The number of rotatable bonds is 9. The van der Waals surface area contributed by atoms with Crippen molar-refractivity contribution in [3.05, 3.63) is 58.3 Å². The Labute approximate surface area is 178 Å². The molecule has 2 aromatic heterocycles. The molecule has 0 aliphatic rings. The zero-order valence-electron chi connectivity index (χ0n) is 16.4. The van der Waals surface area contributed by atoms with Gasteiger partial charge < -0.3 is 14.8 Å². The first-order chi connectivity index (χ1) is 14.1. The van der Waals surface area contributed by atoms with Crippen LogP contribution < -0.4 is 10.1 Å². The van der Waals surface area contributed by atoms with Crippen LogP contribution in [0.2, 0.25) is 0 Å². The Hall–Kier alpha value is -2.64. The van der Waals surface area contributed by atoms with E-state index in [1.807, 2.05) is 54.8 Å². The predicted octanol–water partition coefficient (Wildman–Crippen LogP) is 5.76. The van der Waals surface area contributed by atoms with Crippen LogP contribution in [0.25, 0.3) is 10.4 Å². The van der Waals surface area contributed by atoms with E-state index in [1.165, 1.54) is 11.3 Å². The average Bonchev–Trinajstić information content (AvgIpc) is 3.34. The Balaban J connectivity index is 1.67. The van der Waals surface area contributed by atoms with E-state index in [0.29, 0.717) is 30.0 Å². The van der Waals surface area contributed by atoms with Crippen molar-refractivity contribution in [3.63, 3.8) is 0 Å². The van der Waals surface area contributed by atoms with Crippen molar-refractivity contribution in [2.24, 2.45) is 0 Å². The molecule has 2 heterocycles. The smallest absolute Gasteiger partial charge is 0.341 e.